The van der Waals surface area contributed by atoms with Gasteiger partial charge in [-0.05, 0) is 77.7 Å². The molecular weight excluding hydrogens is 515 g/mol. The van der Waals surface area contributed by atoms with Crippen LogP contribution in [0.5, 0.6) is 0 Å². The summed E-state index contributed by atoms with van der Waals surface area (Å²) in [5, 5.41) is 8.23. The van der Waals surface area contributed by atoms with Crippen LogP contribution in [0.15, 0.2) is 67.0 Å². The van der Waals surface area contributed by atoms with Gasteiger partial charge in [0.2, 0.25) is 0 Å². The number of fused-ring (bicyclic) bond motifs is 1. The normalized spacial score (nSPS) is 18.1. The minimum absolute atomic E-state index is 0.0474. The van der Waals surface area contributed by atoms with E-state index in [1.165, 1.54) is 23.8 Å². The number of hydrogen-bond donors (Lipinski definition) is 0. The van der Waals surface area contributed by atoms with Gasteiger partial charge in [0.15, 0.2) is 5.82 Å². The number of hydrogen-bond acceptors (Lipinski definition) is 4. The summed E-state index contributed by atoms with van der Waals surface area (Å²) in [6, 6.07) is 18.0. The molecule has 4 aromatic rings. The number of halogens is 3. The predicted molar refractivity (Wildman–Crippen MR) is 145 cm³/mol. The molecule has 6 nitrogen and oxygen atoms in total. The van der Waals surface area contributed by atoms with Crippen molar-refractivity contribution in [2.45, 2.75) is 38.5 Å². The van der Waals surface area contributed by atoms with Crippen LogP contribution in [-0.2, 0) is 26.3 Å². The Morgan fingerprint density at radius 3 is 2.45 bits per heavy atom. The van der Waals surface area contributed by atoms with Crippen molar-refractivity contribution in [2.75, 3.05) is 18.0 Å². The molecule has 1 spiro atoms. The lowest BCUT2D eigenvalue weighted by Gasteiger charge is -2.19. The van der Waals surface area contributed by atoms with Crippen molar-refractivity contribution in [2.24, 2.45) is 12.5 Å². The summed E-state index contributed by atoms with van der Waals surface area (Å²) in [6.45, 7) is 2.12. The third-order valence-electron chi connectivity index (χ3n) is 8.64. The van der Waals surface area contributed by atoms with Crippen LogP contribution in [0.25, 0.3) is 22.5 Å². The van der Waals surface area contributed by atoms with Crippen molar-refractivity contribution in [1.82, 2.24) is 19.7 Å². The molecule has 1 amide bonds. The van der Waals surface area contributed by atoms with Crippen molar-refractivity contribution in [3.63, 3.8) is 0 Å². The maximum atomic E-state index is 14.3. The van der Waals surface area contributed by atoms with Crippen molar-refractivity contribution in [3.8, 4) is 22.5 Å². The monoisotopic (exact) mass is 543 g/mol. The summed E-state index contributed by atoms with van der Waals surface area (Å²) < 4.78 is 44.6. The van der Waals surface area contributed by atoms with Gasteiger partial charge in [-0.25, -0.2) is 0 Å². The summed E-state index contributed by atoms with van der Waals surface area (Å²) in [7, 11) is 1.86. The number of benzene rings is 3. The molecule has 2 fully saturated rings. The van der Waals surface area contributed by atoms with E-state index in [0.29, 0.717) is 29.0 Å². The molecule has 1 aliphatic carbocycles. The van der Waals surface area contributed by atoms with Crippen LogP contribution < -0.4 is 4.90 Å². The van der Waals surface area contributed by atoms with Crippen LogP contribution in [0.3, 0.4) is 0 Å². The molecule has 0 N–H and O–H groups in total. The summed E-state index contributed by atoms with van der Waals surface area (Å²) in [4.78, 5) is 17.3. The van der Waals surface area contributed by atoms with E-state index < -0.39 is 17.6 Å². The number of anilines is 1. The van der Waals surface area contributed by atoms with E-state index in [4.69, 9.17) is 0 Å². The third-order valence-corrected chi connectivity index (χ3v) is 8.64. The highest BCUT2D eigenvalue weighted by atomic mass is 19.4. The number of carbonyl (C=O) groups excluding carboxylic acids is 1. The first-order valence-corrected chi connectivity index (χ1v) is 13.5. The largest absolute Gasteiger partial charge is 0.416 e. The second-order valence-corrected chi connectivity index (χ2v) is 11.4. The summed E-state index contributed by atoms with van der Waals surface area (Å²) in [5.74, 6) is 0.291. The molecule has 3 aliphatic rings. The third kappa shape index (κ3) is 4.29. The van der Waals surface area contributed by atoms with Gasteiger partial charge in [-0.2, -0.15) is 13.2 Å². The molecular formula is C31H28F3N5O. The first kappa shape index (κ1) is 25.0. The molecule has 2 aliphatic heterocycles. The van der Waals surface area contributed by atoms with E-state index in [1.54, 1.807) is 18.5 Å². The molecule has 3 aromatic carbocycles. The number of rotatable bonds is 5. The van der Waals surface area contributed by atoms with Crippen molar-refractivity contribution in [1.29, 1.82) is 0 Å². The zero-order valence-corrected chi connectivity index (χ0v) is 22.1. The number of carbonyl (C=O) groups is 1. The quantitative estimate of drug-likeness (QED) is 0.296. The van der Waals surface area contributed by atoms with Crippen LogP contribution in [0.2, 0.25) is 0 Å². The molecule has 0 radical (unpaired) electrons. The van der Waals surface area contributed by atoms with Crippen LogP contribution in [-0.4, -0.2) is 38.7 Å². The van der Waals surface area contributed by atoms with E-state index in [9.17, 15) is 18.0 Å². The van der Waals surface area contributed by atoms with E-state index in [1.807, 2.05) is 54.1 Å². The fourth-order valence-corrected chi connectivity index (χ4v) is 6.33. The van der Waals surface area contributed by atoms with Gasteiger partial charge in [-0.15, -0.1) is 10.2 Å². The van der Waals surface area contributed by atoms with Gasteiger partial charge in [-0.3, -0.25) is 9.69 Å². The number of nitrogens with zero attached hydrogens (tertiary/aromatic N) is 5. The van der Waals surface area contributed by atoms with Crippen LogP contribution >= 0.6 is 0 Å². The highest BCUT2D eigenvalue weighted by Gasteiger charge is 2.47. The minimum atomic E-state index is -4.55. The molecule has 9 heteroatoms. The molecule has 1 aromatic heterocycles. The molecule has 0 bridgehead atoms. The molecule has 0 atom stereocenters. The topological polar surface area (TPSA) is 54.3 Å². The smallest absolute Gasteiger partial charge is 0.317 e. The Hall–Kier alpha value is -3.98. The van der Waals surface area contributed by atoms with E-state index in [0.717, 1.165) is 36.2 Å². The summed E-state index contributed by atoms with van der Waals surface area (Å²) in [6.07, 6.45) is 0.597. The van der Waals surface area contributed by atoms with E-state index in [-0.39, 0.29) is 17.7 Å². The SMILES string of the molecule is Cn1cnnc1-c1ccccc1-c1cccc(N2Cc3c(cc(CN4CCC5(CC5)C4)cc3C(F)(F)F)C2=O)c1. The standard InChI is InChI=1S/C31H28F3N5O/c1-37-19-35-36-28(37)24-8-3-2-7-23(24)21-5-4-6-22(15-21)39-17-26-25(29(39)40)13-20(14-27(26)31(32,33)34)16-38-12-11-30(18-38)9-10-30/h2-8,13-15,19H,9-12,16-18H2,1H3. The summed E-state index contributed by atoms with van der Waals surface area (Å²) in [5.41, 5.74) is 3.56. The number of likely N-dealkylation sites (tertiary alicyclic amines) is 1. The molecule has 0 unspecified atom stereocenters. The molecule has 1 saturated carbocycles. The Labute approximate surface area is 230 Å². The lowest BCUT2D eigenvalue weighted by Crippen LogP contribution is -2.23. The van der Waals surface area contributed by atoms with Crippen molar-refractivity contribution >= 4 is 11.6 Å². The molecule has 1 saturated heterocycles. The van der Waals surface area contributed by atoms with Gasteiger partial charge >= 0.3 is 6.18 Å². The Morgan fingerprint density at radius 2 is 1.75 bits per heavy atom. The van der Waals surface area contributed by atoms with Gasteiger partial charge in [0.25, 0.3) is 5.91 Å². The van der Waals surface area contributed by atoms with Crippen molar-refractivity contribution in [3.05, 3.63) is 89.2 Å². The number of alkyl halides is 3. The Kier molecular flexibility index (Phi) is 5.64. The fourth-order valence-electron chi connectivity index (χ4n) is 6.33. The van der Waals surface area contributed by atoms with Crippen LogP contribution in [0.4, 0.5) is 18.9 Å². The Morgan fingerprint density at radius 1 is 0.950 bits per heavy atom. The second kappa shape index (κ2) is 9.02. The Balaban J connectivity index is 1.23. The summed E-state index contributed by atoms with van der Waals surface area (Å²) >= 11 is 0. The predicted octanol–water partition coefficient (Wildman–Crippen LogP) is 6.31. The number of aryl methyl sites for hydroxylation is 1. The molecule has 3 heterocycles. The minimum Gasteiger partial charge on any atom is -0.317 e. The second-order valence-electron chi connectivity index (χ2n) is 11.4. The first-order chi connectivity index (χ1) is 19.2. The van der Waals surface area contributed by atoms with Crippen LogP contribution in [0, 0.1) is 5.41 Å². The Bertz CT molecular complexity index is 1640. The average molecular weight is 544 g/mol. The average Bonchev–Trinajstić information content (AvgIpc) is 3.20. The highest BCUT2D eigenvalue weighted by Crippen LogP contribution is 2.53. The first-order valence-electron chi connectivity index (χ1n) is 13.5. The zero-order chi connectivity index (χ0) is 27.6. The van der Waals surface area contributed by atoms with Gasteiger partial charge in [0.1, 0.15) is 6.33 Å². The molecule has 204 valence electrons. The van der Waals surface area contributed by atoms with E-state index >= 15 is 0 Å². The number of amides is 1. The van der Waals surface area contributed by atoms with Gasteiger partial charge in [0.05, 0.1) is 12.1 Å². The molecule has 7 rings (SSSR count). The lowest BCUT2D eigenvalue weighted by molar-refractivity contribution is -0.138. The maximum Gasteiger partial charge on any atom is 0.416 e. The fraction of sp³-hybridized carbons (Fsp3) is 0.323. The maximum absolute atomic E-state index is 14.3. The number of aromatic nitrogens is 3. The van der Waals surface area contributed by atoms with E-state index in [2.05, 4.69) is 15.1 Å². The van der Waals surface area contributed by atoms with Crippen molar-refractivity contribution < 1.29 is 18.0 Å². The zero-order valence-electron chi connectivity index (χ0n) is 22.1. The lowest BCUT2D eigenvalue weighted by atomic mass is 9.98. The molecule has 40 heavy (non-hydrogen) atoms. The van der Waals surface area contributed by atoms with Gasteiger partial charge in [0, 0.05) is 37.0 Å². The van der Waals surface area contributed by atoms with Gasteiger partial charge in [-0.1, -0.05) is 36.4 Å². The highest BCUT2D eigenvalue weighted by molar-refractivity contribution is 6.10. The van der Waals surface area contributed by atoms with Gasteiger partial charge < -0.3 is 9.47 Å². The van der Waals surface area contributed by atoms with Crippen LogP contribution in [0.1, 0.15) is 46.3 Å².